The quantitative estimate of drug-likeness (QED) is 0.855. The maximum atomic E-state index is 12.9. The third kappa shape index (κ3) is 1.88. The van der Waals surface area contributed by atoms with Crippen molar-refractivity contribution in [2.45, 2.75) is 45.4 Å². The Hall–Kier alpha value is -1.31. The Morgan fingerprint density at radius 2 is 1.75 bits per heavy atom. The topological polar surface area (TPSA) is 29.1 Å². The van der Waals surface area contributed by atoms with E-state index in [0.717, 1.165) is 36.8 Å². The summed E-state index contributed by atoms with van der Waals surface area (Å²) in [6, 6.07) is 9.93. The average molecular weight is 269 g/mol. The number of rotatable bonds is 2. The third-order valence-electron chi connectivity index (χ3n) is 5.87. The summed E-state index contributed by atoms with van der Waals surface area (Å²) in [7, 11) is 0. The van der Waals surface area contributed by atoms with Gasteiger partial charge in [-0.3, -0.25) is 4.79 Å². The maximum Gasteiger partial charge on any atom is 0.230 e. The minimum absolute atomic E-state index is 0.0747. The van der Waals surface area contributed by atoms with Crippen LogP contribution in [0, 0.1) is 22.7 Å². The zero-order valence-electron chi connectivity index (χ0n) is 12.2. The minimum atomic E-state index is -0.0747. The number of amides is 1. The average Bonchev–Trinajstić information content (AvgIpc) is 2.37. The van der Waals surface area contributed by atoms with Crippen molar-refractivity contribution in [3.05, 3.63) is 30.3 Å². The Bertz CT molecular complexity index is 522. The number of hydrogen-bond acceptors (Lipinski definition) is 1. The molecule has 0 aromatic heterocycles. The minimum Gasteiger partial charge on any atom is -0.326 e. The van der Waals surface area contributed by atoms with E-state index in [4.69, 9.17) is 0 Å². The standard InChI is InChI=1S/C18H23NO/c1-17-8-13-7-14(9-17)11-18(10-13,12-17)16(20)19-15-5-3-2-4-6-15/h2-6,13-14H,7-12H2,1H3,(H,19,20). The normalized spacial score (nSPS) is 41.6. The van der Waals surface area contributed by atoms with Gasteiger partial charge in [0.15, 0.2) is 0 Å². The molecule has 2 unspecified atom stereocenters. The molecule has 0 heterocycles. The van der Waals surface area contributed by atoms with Crippen molar-refractivity contribution < 1.29 is 4.79 Å². The van der Waals surface area contributed by atoms with E-state index >= 15 is 0 Å². The number of nitrogens with one attached hydrogen (secondary N) is 1. The van der Waals surface area contributed by atoms with Gasteiger partial charge in [-0.05, 0) is 67.9 Å². The lowest BCUT2D eigenvalue weighted by molar-refractivity contribution is -0.149. The smallest absolute Gasteiger partial charge is 0.230 e. The number of benzene rings is 1. The van der Waals surface area contributed by atoms with Crippen LogP contribution in [-0.4, -0.2) is 5.91 Å². The van der Waals surface area contributed by atoms with E-state index in [1.165, 1.54) is 19.3 Å². The van der Waals surface area contributed by atoms with Crippen molar-refractivity contribution in [2.75, 3.05) is 5.32 Å². The van der Waals surface area contributed by atoms with E-state index in [-0.39, 0.29) is 11.3 Å². The Morgan fingerprint density at radius 3 is 2.35 bits per heavy atom. The molecule has 0 spiro atoms. The van der Waals surface area contributed by atoms with Crippen LogP contribution in [0.15, 0.2) is 30.3 Å². The van der Waals surface area contributed by atoms with Crippen LogP contribution >= 0.6 is 0 Å². The Morgan fingerprint density at radius 1 is 1.10 bits per heavy atom. The Kier molecular flexibility index (Phi) is 2.55. The van der Waals surface area contributed by atoms with Gasteiger partial charge in [-0.1, -0.05) is 25.1 Å². The summed E-state index contributed by atoms with van der Waals surface area (Å²) >= 11 is 0. The van der Waals surface area contributed by atoms with Crippen LogP contribution in [0.3, 0.4) is 0 Å². The lowest BCUT2D eigenvalue weighted by Crippen LogP contribution is -2.55. The molecular formula is C18H23NO. The largest absolute Gasteiger partial charge is 0.326 e. The van der Waals surface area contributed by atoms with Crippen LogP contribution in [0.25, 0.3) is 0 Å². The molecule has 0 radical (unpaired) electrons. The molecule has 4 bridgehead atoms. The molecule has 1 aromatic rings. The number of hydrogen-bond donors (Lipinski definition) is 1. The molecule has 4 fully saturated rings. The van der Waals surface area contributed by atoms with Gasteiger partial charge in [0.05, 0.1) is 5.41 Å². The van der Waals surface area contributed by atoms with Crippen LogP contribution in [0.1, 0.15) is 45.4 Å². The second-order valence-corrected chi connectivity index (χ2v) is 7.87. The van der Waals surface area contributed by atoms with E-state index in [9.17, 15) is 4.79 Å². The first-order valence-electron chi connectivity index (χ1n) is 7.94. The van der Waals surface area contributed by atoms with Crippen molar-refractivity contribution in [3.63, 3.8) is 0 Å². The Labute approximate surface area is 121 Å². The van der Waals surface area contributed by atoms with Crippen LogP contribution < -0.4 is 5.32 Å². The molecular weight excluding hydrogens is 246 g/mol. The van der Waals surface area contributed by atoms with Gasteiger partial charge in [0.1, 0.15) is 0 Å². The summed E-state index contributed by atoms with van der Waals surface area (Å²) in [5, 5.41) is 3.18. The number of carbonyl (C=O) groups excluding carboxylic acids is 1. The fourth-order valence-electron chi connectivity index (χ4n) is 5.77. The highest BCUT2D eigenvalue weighted by atomic mass is 16.2. The molecule has 4 saturated carbocycles. The van der Waals surface area contributed by atoms with E-state index in [0.29, 0.717) is 5.41 Å². The van der Waals surface area contributed by atoms with Gasteiger partial charge in [-0.15, -0.1) is 0 Å². The summed E-state index contributed by atoms with van der Waals surface area (Å²) < 4.78 is 0. The summed E-state index contributed by atoms with van der Waals surface area (Å²) in [4.78, 5) is 12.9. The predicted molar refractivity (Wildman–Crippen MR) is 80.3 cm³/mol. The molecule has 2 nitrogen and oxygen atoms in total. The highest BCUT2D eigenvalue weighted by molar-refractivity contribution is 5.95. The molecule has 106 valence electrons. The molecule has 1 aromatic carbocycles. The molecule has 0 aliphatic heterocycles. The van der Waals surface area contributed by atoms with E-state index in [1.807, 2.05) is 30.3 Å². The SMILES string of the molecule is CC12CC3CC(C1)CC(C(=O)Nc1ccccc1)(C3)C2. The molecule has 0 saturated heterocycles. The fourth-order valence-corrected chi connectivity index (χ4v) is 5.77. The highest BCUT2D eigenvalue weighted by Gasteiger charge is 2.58. The van der Waals surface area contributed by atoms with E-state index < -0.39 is 0 Å². The molecule has 20 heavy (non-hydrogen) atoms. The number of anilines is 1. The van der Waals surface area contributed by atoms with Crippen molar-refractivity contribution in [3.8, 4) is 0 Å². The lowest BCUT2D eigenvalue weighted by atomic mass is 9.44. The fraction of sp³-hybridized carbons (Fsp3) is 0.611. The molecule has 5 rings (SSSR count). The maximum absolute atomic E-state index is 12.9. The van der Waals surface area contributed by atoms with Crippen molar-refractivity contribution >= 4 is 11.6 Å². The second-order valence-electron chi connectivity index (χ2n) is 7.87. The third-order valence-corrected chi connectivity index (χ3v) is 5.87. The molecule has 2 heteroatoms. The number of para-hydroxylation sites is 1. The van der Waals surface area contributed by atoms with Crippen LogP contribution in [0.5, 0.6) is 0 Å². The van der Waals surface area contributed by atoms with Gasteiger partial charge in [-0.2, -0.15) is 0 Å². The van der Waals surface area contributed by atoms with Gasteiger partial charge < -0.3 is 5.32 Å². The van der Waals surface area contributed by atoms with Crippen molar-refractivity contribution in [1.29, 1.82) is 0 Å². The van der Waals surface area contributed by atoms with Gasteiger partial charge in [0.2, 0.25) is 5.91 Å². The monoisotopic (exact) mass is 269 g/mol. The summed E-state index contributed by atoms with van der Waals surface area (Å²) in [5.74, 6) is 1.87. The van der Waals surface area contributed by atoms with Crippen LogP contribution in [-0.2, 0) is 4.79 Å². The van der Waals surface area contributed by atoms with Crippen molar-refractivity contribution in [2.24, 2.45) is 22.7 Å². The molecule has 2 atom stereocenters. The molecule has 4 aliphatic carbocycles. The summed E-state index contributed by atoms with van der Waals surface area (Å²) in [5.41, 5.74) is 1.30. The first kappa shape index (κ1) is 12.4. The molecule has 1 N–H and O–H groups in total. The first-order valence-corrected chi connectivity index (χ1v) is 7.94. The zero-order valence-corrected chi connectivity index (χ0v) is 12.2. The lowest BCUT2D eigenvalue weighted by Gasteiger charge is -2.60. The highest BCUT2D eigenvalue weighted by Crippen LogP contribution is 2.65. The summed E-state index contributed by atoms with van der Waals surface area (Å²) in [6.45, 7) is 2.41. The van der Waals surface area contributed by atoms with Gasteiger partial charge in [-0.25, -0.2) is 0 Å². The van der Waals surface area contributed by atoms with Crippen LogP contribution in [0.4, 0.5) is 5.69 Å². The predicted octanol–water partition coefficient (Wildman–Crippen LogP) is 4.23. The Balaban J connectivity index is 1.60. The first-order chi connectivity index (χ1) is 9.57. The van der Waals surface area contributed by atoms with Gasteiger partial charge in [0.25, 0.3) is 0 Å². The molecule has 4 aliphatic rings. The van der Waals surface area contributed by atoms with Crippen molar-refractivity contribution in [1.82, 2.24) is 0 Å². The van der Waals surface area contributed by atoms with Crippen LogP contribution in [0.2, 0.25) is 0 Å². The second kappa shape index (κ2) is 4.09. The summed E-state index contributed by atoms with van der Waals surface area (Å²) in [6.07, 6.45) is 7.42. The van der Waals surface area contributed by atoms with E-state index in [1.54, 1.807) is 0 Å². The molecule has 1 amide bonds. The van der Waals surface area contributed by atoms with Gasteiger partial charge in [0, 0.05) is 5.69 Å². The van der Waals surface area contributed by atoms with Gasteiger partial charge >= 0.3 is 0 Å². The zero-order chi connectivity index (χ0) is 13.8. The number of carbonyl (C=O) groups is 1. The van der Waals surface area contributed by atoms with E-state index in [2.05, 4.69) is 12.2 Å².